The third-order valence-electron chi connectivity index (χ3n) is 6.12. The highest BCUT2D eigenvalue weighted by Gasteiger charge is 2.30. The van der Waals surface area contributed by atoms with Crippen molar-refractivity contribution in [2.45, 2.75) is 63.4 Å². The number of hydrogen-bond donors (Lipinski definition) is 3. The molecular weight excluding hydrogens is 453 g/mol. The highest BCUT2D eigenvalue weighted by molar-refractivity contribution is 6.30. The number of aliphatic hydroxyl groups excluding tert-OH is 1. The molecule has 0 aromatic heterocycles. The summed E-state index contributed by atoms with van der Waals surface area (Å²) in [7, 11) is 0. The van der Waals surface area contributed by atoms with Crippen molar-refractivity contribution < 1.29 is 23.1 Å². The molecule has 0 saturated heterocycles. The van der Waals surface area contributed by atoms with E-state index in [1.54, 1.807) is 30.3 Å². The number of carbonyl (C=O) groups excluding carboxylic acids is 1. The fourth-order valence-electron chi connectivity index (χ4n) is 4.34. The maximum absolute atomic E-state index is 12.9. The van der Waals surface area contributed by atoms with Crippen molar-refractivity contribution in [1.29, 1.82) is 0 Å². The van der Waals surface area contributed by atoms with Crippen LogP contribution in [0.4, 0.5) is 13.2 Å². The lowest BCUT2D eigenvalue weighted by atomic mass is 9.83. The summed E-state index contributed by atoms with van der Waals surface area (Å²) in [5.41, 5.74) is 0.190. The Balaban J connectivity index is 1.61. The molecule has 0 aliphatic heterocycles. The predicted molar refractivity (Wildman–Crippen MR) is 123 cm³/mol. The van der Waals surface area contributed by atoms with Gasteiger partial charge in [-0.2, -0.15) is 13.2 Å². The number of nitrogens with one attached hydrogen (secondary N) is 2. The van der Waals surface area contributed by atoms with Crippen LogP contribution in [-0.2, 0) is 12.7 Å². The topological polar surface area (TPSA) is 61.4 Å². The fourth-order valence-corrected chi connectivity index (χ4v) is 4.53. The van der Waals surface area contributed by atoms with E-state index in [1.165, 1.54) is 12.5 Å². The molecular formula is C25H30ClF3N2O2. The van der Waals surface area contributed by atoms with E-state index in [1.807, 2.05) is 0 Å². The Hall–Kier alpha value is -2.09. The number of halogens is 4. The van der Waals surface area contributed by atoms with Gasteiger partial charge in [0.2, 0.25) is 0 Å². The Morgan fingerprint density at radius 2 is 1.82 bits per heavy atom. The number of rotatable bonds is 9. The Bertz CT molecular complexity index is 917. The van der Waals surface area contributed by atoms with Gasteiger partial charge in [-0.25, -0.2) is 0 Å². The van der Waals surface area contributed by atoms with E-state index in [9.17, 15) is 23.1 Å². The molecule has 8 heteroatoms. The van der Waals surface area contributed by atoms with Crippen molar-refractivity contribution in [2.75, 3.05) is 6.54 Å². The average Bonchev–Trinajstić information content (AvgIpc) is 2.79. The monoisotopic (exact) mass is 482 g/mol. The molecule has 2 atom stereocenters. The van der Waals surface area contributed by atoms with Gasteiger partial charge in [-0.05, 0) is 42.2 Å². The zero-order valence-electron chi connectivity index (χ0n) is 18.4. The summed E-state index contributed by atoms with van der Waals surface area (Å²) in [4.78, 5) is 12.8. The van der Waals surface area contributed by atoms with Gasteiger partial charge in [0.1, 0.15) is 0 Å². The number of carbonyl (C=O) groups is 1. The summed E-state index contributed by atoms with van der Waals surface area (Å²) in [6.45, 7) is 0.322. The highest BCUT2D eigenvalue weighted by Crippen LogP contribution is 2.30. The van der Waals surface area contributed by atoms with Gasteiger partial charge in [-0.15, -0.1) is 0 Å². The zero-order valence-corrected chi connectivity index (χ0v) is 19.1. The first-order valence-corrected chi connectivity index (χ1v) is 11.7. The molecule has 3 N–H and O–H groups in total. The normalized spacial score (nSPS) is 16.9. The lowest BCUT2D eigenvalue weighted by Gasteiger charge is -2.30. The first kappa shape index (κ1) is 25.5. The SMILES string of the molecule is O=C(N[C@@H](CC1CCCCC1)[C@@H](O)CNCc1cccc(C(F)(F)F)c1)c1cccc(Cl)c1. The highest BCUT2D eigenvalue weighted by atomic mass is 35.5. The minimum atomic E-state index is -4.40. The van der Waals surface area contributed by atoms with E-state index in [2.05, 4.69) is 10.6 Å². The Morgan fingerprint density at radius 3 is 2.52 bits per heavy atom. The fraction of sp³-hybridized carbons (Fsp3) is 0.480. The molecule has 1 aliphatic rings. The molecule has 1 fully saturated rings. The third-order valence-corrected chi connectivity index (χ3v) is 6.35. The zero-order chi connectivity index (χ0) is 23.8. The van der Waals surface area contributed by atoms with Crippen LogP contribution < -0.4 is 10.6 Å². The van der Waals surface area contributed by atoms with Crippen molar-refractivity contribution in [3.63, 3.8) is 0 Å². The molecule has 4 nitrogen and oxygen atoms in total. The standard InChI is InChI=1S/C25H30ClF3N2O2/c26-21-11-5-9-19(14-21)24(33)31-22(13-17-6-2-1-3-7-17)23(32)16-30-15-18-8-4-10-20(12-18)25(27,28)29/h4-5,8-12,14,17,22-23,30,32H,1-3,6-7,13,15-16H2,(H,31,33)/t22-,23-/m0/s1. The number of amides is 1. The van der Waals surface area contributed by atoms with E-state index >= 15 is 0 Å². The van der Waals surface area contributed by atoms with Gasteiger partial charge >= 0.3 is 6.18 Å². The van der Waals surface area contributed by atoms with Crippen LogP contribution >= 0.6 is 11.6 Å². The lowest BCUT2D eigenvalue weighted by Crippen LogP contribution is -2.48. The second kappa shape index (κ2) is 11.9. The van der Waals surface area contributed by atoms with Gasteiger partial charge < -0.3 is 15.7 Å². The molecule has 2 aromatic rings. The maximum Gasteiger partial charge on any atom is 0.416 e. The van der Waals surface area contributed by atoms with Crippen molar-refractivity contribution in [3.05, 3.63) is 70.2 Å². The Labute approximate surface area is 197 Å². The van der Waals surface area contributed by atoms with E-state index in [-0.39, 0.29) is 19.0 Å². The number of benzene rings is 2. The summed E-state index contributed by atoms with van der Waals surface area (Å²) in [5, 5.41) is 17.3. The lowest BCUT2D eigenvalue weighted by molar-refractivity contribution is -0.137. The molecule has 1 amide bonds. The summed E-state index contributed by atoms with van der Waals surface area (Å²) in [5.74, 6) is 0.108. The second-order valence-corrected chi connectivity index (χ2v) is 9.16. The van der Waals surface area contributed by atoms with Gasteiger partial charge in [0, 0.05) is 23.7 Å². The van der Waals surface area contributed by atoms with Gasteiger partial charge in [0.25, 0.3) is 5.91 Å². The van der Waals surface area contributed by atoms with Crippen LogP contribution in [0.25, 0.3) is 0 Å². The quantitative estimate of drug-likeness (QED) is 0.437. The van der Waals surface area contributed by atoms with Crippen LogP contribution in [-0.4, -0.2) is 29.7 Å². The first-order chi connectivity index (χ1) is 15.7. The Kier molecular flexibility index (Phi) is 9.18. The first-order valence-electron chi connectivity index (χ1n) is 11.3. The van der Waals surface area contributed by atoms with Crippen molar-refractivity contribution >= 4 is 17.5 Å². The van der Waals surface area contributed by atoms with Gasteiger partial charge in [0.15, 0.2) is 0 Å². The average molecular weight is 483 g/mol. The molecule has 1 saturated carbocycles. The summed E-state index contributed by atoms with van der Waals surface area (Å²) < 4.78 is 38.8. The molecule has 2 aromatic carbocycles. The van der Waals surface area contributed by atoms with Gasteiger partial charge in [-0.3, -0.25) is 4.79 Å². The van der Waals surface area contributed by atoms with E-state index in [0.29, 0.717) is 28.5 Å². The van der Waals surface area contributed by atoms with Crippen LogP contribution in [0.2, 0.25) is 5.02 Å². The number of alkyl halides is 3. The number of aliphatic hydroxyl groups is 1. The molecule has 3 rings (SSSR count). The van der Waals surface area contributed by atoms with Crippen LogP contribution in [0.15, 0.2) is 48.5 Å². The smallest absolute Gasteiger partial charge is 0.390 e. The Morgan fingerprint density at radius 1 is 1.09 bits per heavy atom. The largest absolute Gasteiger partial charge is 0.416 e. The van der Waals surface area contributed by atoms with E-state index in [4.69, 9.17) is 11.6 Å². The van der Waals surface area contributed by atoms with Crippen LogP contribution in [0.1, 0.15) is 60.0 Å². The molecule has 33 heavy (non-hydrogen) atoms. The van der Waals surface area contributed by atoms with E-state index < -0.39 is 23.9 Å². The molecule has 180 valence electrons. The minimum absolute atomic E-state index is 0.142. The van der Waals surface area contributed by atoms with E-state index in [0.717, 1.165) is 37.8 Å². The predicted octanol–water partition coefficient (Wildman–Crippen LogP) is 5.58. The number of hydrogen-bond acceptors (Lipinski definition) is 3. The minimum Gasteiger partial charge on any atom is -0.390 e. The molecule has 0 heterocycles. The molecule has 0 unspecified atom stereocenters. The van der Waals surface area contributed by atoms with Crippen molar-refractivity contribution in [1.82, 2.24) is 10.6 Å². The van der Waals surface area contributed by atoms with Gasteiger partial charge in [-0.1, -0.05) is 68.0 Å². The molecule has 0 bridgehead atoms. The molecule has 0 radical (unpaired) electrons. The third kappa shape index (κ3) is 8.02. The summed E-state index contributed by atoms with van der Waals surface area (Å²) >= 11 is 6.00. The van der Waals surface area contributed by atoms with Crippen molar-refractivity contribution in [3.8, 4) is 0 Å². The summed E-state index contributed by atoms with van der Waals surface area (Å²) in [6.07, 6.45) is 0.983. The van der Waals surface area contributed by atoms with Crippen LogP contribution in [0, 0.1) is 5.92 Å². The maximum atomic E-state index is 12.9. The summed E-state index contributed by atoms with van der Waals surface area (Å²) in [6, 6.07) is 11.2. The van der Waals surface area contributed by atoms with Gasteiger partial charge in [0.05, 0.1) is 17.7 Å². The van der Waals surface area contributed by atoms with Crippen LogP contribution in [0.5, 0.6) is 0 Å². The molecule has 1 aliphatic carbocycles. The van der Waals surface area contributed by atoms with Crippen molar-refractivity contribution in [2.24, 2.45) is 5.92 Å². The second-order valence-electron chi connectivity index (χ2n) is 8.73. The molecule has 0 spiro atoms. The van der Waals surface area contributed by atoms with Crippen LogP contribution in [0.3, 0.4) is 0 Å².